The minimum atomic E-state index is -0.507. The monoisotopic (exact) mass is 213 g/mol. The molecular formula is C8H11N3O4. The van der Waals surface area contributed by atoms with Crippen molar-refractivity contribution in [1.82, 2.24) is 9.78 Å². The predicted molar refractivity (Wildman–Crippen MR) is 49.7 cm³/mol. The van der Waals surface area contributed by atoms with E-state index in [2.05, 4.69) is 5.10 Å². The topological polar surface area (TPSA) is 79.4 Å². The number of hydrogen-bond acceptors (Lipinski definition) is 5. The van der Waals surface area contributed by atoms with Crippen LogP contribution in [-0.4, -0.2) is 33.5 Å². The zero-order valence-electron chi connectivity index (χ0n) is 8.41. The fourth-order valence-corrected chi connectivity index (χ4v) is 1.31. The number of ether oxygens (including phenoxy) is 2. The lowest BCUT2D eigenvalue weighted by Crippen LogP contribution is -2.46. The molecule has 0 aromatic carbocycles. The van der Waals surface area contributed by atoms with E-state index in [1.54, 1.807) is 7.05 Å². The van der Waals surface area contributed by atoms with Gasteiger partial charge in [-0.3, -0.25) is 14.8 Å². The third kappa shape index (κ3) is 1.78. The first-order chi connectivity index (χ1) is 7.08. The van der Waals surface area contributed by atoms with Crippen molar-refractivity contribution in [3.63, 3.8) is 0 Å². The second-order valence-corrected chi connectivity index (χ2v) is 3.45. The van der Waals surface area contributed by atoms with Crippen molar-refractivity contribution < 1.29 is 14.4 Å². The Balaban J connectivity index is 2.16. The summed E-state index contributed by atoms with van der Waals surface area (Å²) >= 11 is 0. The van der Waals surface area contributed by atoms with Gasteiger partial charge in [0.1, 0.15) is 12.3 Å². The maximum absolute atomic E-state index is 10.6. The molecule has 0 radical (unpaired) electrons. The summed E-state index contributed by atoms with van der Waals surface area (Å²) in [4.78, 5) is 10.1. The largest absolute Gasteiger partial charge is 0.463 e. The number of nitro groups is 1. The molecule has 0 saturated carbocycles. The van der Waals surface area contributed by atoms with Gasteiger partial charge >= 0.3 is 11.6 Å². The van der Waals surface area contributed by atoms with E-state index in [1.807, 2.05) is 6.92 Å². The molecular weight excluding hydrogens is 202 g/mol. The van der Waals surface area contributed by atoms with Gasteiger partial charge in [0, 0.05) is 7.05 Å². The van der Waals surface area contributed by atoms with Gasteiger partial charge in [0.15, 0.2) is 0 Å². The van der Waals surface area contributed by atoms with Crippen LogP contribution in [0, 0.1) is 10.1 Å². The highest BCUT2D eigenvalue weighted by molar-refractivity contribution is 5.38. The van der Waals surface area contributed by atoms with Gasteiger partial charge in [0.2, 0.25) is 0 Å². The predicted octanol–water partition coefficient (Wildman–Crippen LogP) is 0.494. The zero-order valence-corrected chi connectivity index (χ0v) is 8.41. The van der Waals surface area contributed by atoms with Crippen LogP contribution < -0.4 is 4.74 Å². The molecule has 0 bridgehead atoms. The highest BCUT2D eigenvalue weighted by Gasteiger charge is 2.33. The molecule has 2 rings (SSSR count). The maximum atomic E-state index is 10.6. The summed E-state index contributed by atoms with van der Waals surface area (Å²) in [5, 5.41) is 14.5. The Morgan fingerprint density at radius 3 is 3.00 bits per heavy atom. The third-order valence-corrected chi connectivity index (χ3v) is 2.28. The molecule has 0 amide bonds. The summed E-state index contributed by atoms with van der Waals surface area (Å²) < 4.78 is 11.8. The minimum Gasteiger partial charge on any atom is -0.463 e. The van der Waals surface area contributed by atoms with Crippen LogP contribution in [0.1, 0.15) is 6.92 Å². The summed E-state index contributed by atoms with van der Waals surface area (Å²) in [6.07, 6.45) is 1.14. The second-order valence-electron chi connectivity index (χ2n) is 3.45. The summed E-state index contributed by atoms with van der Waals surface area (Å²) in [5.74, 6) is 0.0580. The Morgan fingerprint density at radius 1 is 1.80 bits per heavy atom. The SMILES string of the molecule is C[C@@H]1OC[C@@H]1Oc1nn(C)cc1[N+](=O)[O-]. The Bertz CT molecular complexity index is 389. The van der Waals surface area contributed by atoms with Crippen molar-refractivity contribution in [2.24, 2.45) is 7.05 Å². The van der Waals surface area contributed by atoms with Gasteiger partial charge < -0.3 is 9.47 Å². The van der Waals surface area contributed by atoms with Crippen LogP contribution in [0.5, 0.6) is 5.88 Å². The second kappa shape index (κ2) is 3.50. The average molecular weight is 213 g/mol. The van der Waals surface area contributed by atoms with Crippen molar-refractivity contribution in [2.75, 3.05) is 6.61 Å². The van der Waals surface area contributed by atoms with Gasteiger partial charge in [-0.25, -0.2) is 0 Å². The molecule has 15 heavy (non-hydrogen) atoms. The summed E-state index contributed by atoms with van der Waals surface area (Å²) in [7, 11) is 1.61. The Kier molecular flexibility index (Phi) is 2.31. The van der Waals surface area contributed by atoms with Crippen molar-refractivity contribution in [3.8, 4) is 5.88 Å². The molecule has 1 saturated heterocycles. The van der Waals surface area contributed by atoms with Crippen molar-refractivity contribution in [3.05, 3.63) is 16.3 Å². The molecule has 2 heterocycles. The Labute approximate surface area is 85.7 Å². The first-order valence-corrected chi connectivity index (χ1v) is 4.54. The number of hydrogen-bond donors (Lipinski definition) is 0. The molecule has 1 aliphatic heterocycles. The van der Waals surface area contributed by atoms with E-state index in [0.717, 1.165) is 0 Å². The van der Waals surface area contributed by atoms with Crippen molar-refractivity contribution in [2.45, 2.75) is 19.1 Å². The van der Waals surface area contributed by atoms with E-state index in [4.69, 9.17) is 9.47 Å². The molecule has 0 N–H and O–H groups in total. The summed E-state index contributed by atoms with van der Waals surface area (Å²) in [5.41, 5.74) is -0.114. The average Bonchev–Trinajstić information content (AvgIpc) is 2.54. The molecule has 1 fully saturated rings. The van der Waals surface area contributed by atoms with Gasteiger partial charge in [-0.05, 0) is 6.92 Å². The molecule has 7 heteroatoms. The highest BCUT2D eigenvalue weighted by atomic mass is 16.6. The minimum absolute atomic E-state index is 0.0355. The van der Waals surface area contributed by atoms with Crippen LogP contribution in [0.3, 0.4) is 0 Å². The normalized spacial score (nSPS) is 24.7. The lowest BCUT2D eigenvalue weighted by Gasteiger charge is -2.32. The van der Waals surface area contributed by atoms with Gasteiger partial charge in [-0.1, -0.05) is 0 Å². The fraction of sp³-hybridized carbons (Fsp3) is 0.625. The molecule has 82 valence electrons. The molecule has 0 spiro atoms. The van der Waals surface area contributed by atoms with Crippen LogP contribution in [-0.2, 0) is 11.8 Å². The van der Waals surface area contributed by atoms with E-state index < -0.39 is 4.92 Å². The molecule has 0 unspecified atom stereocenters. The Morgan fingerprint density at radius 2 is 2.53 bits per heavy atom. The lowest BCUT2D eigenvalue weighted by atomic mass is 10.2. The molecule has 1 aromatic rings. The van der Waals surface area contributed by atoms with Crippen LogP contribution in [0.25, 0.3) is 0 Å². The van der Waals surface area contributed by atoms with Gasteiger partial charge in [-0.15, -0.1) is 5.10 Å². The molecule has 1 aliphatic rings. The molecule has 0 aliphatic carbocycles. The smallest absolute Gasteiger partial charge is 0.350 e. The number of nitrogens with zero attached hydrogens (tertiary/aromatic N) is 3. The van der Waals surface area contributed by atoms with E-state index in [1.165, 1.54) is 10.9 Å². The quantitative estimate of drug-likeness (QED) is 0.539. The third-order valence-electron chi connectivity index (χ3n) is 2.28. The fourth-order valence-electron chi connectivity index (χ4n) is 1.31. The lowest BCUT2D eigenvalue weighted by molar-refractivity contribution is -0.386. The van der Waals surface area contributed by atoms with E-state index in [0.29, 0.717) is 6.61 Å². The van der Waals surface area contributed by atoms with Gasteiger partial charge in [0.25, 0.3) is 0 Å². The zero-order chi connectivity index (χ0) is 11.0. The summed E-state index contributed by atoms with van der Waals surface area (Å²) in [6.45, 7) is 2.30. The van der Waals surface area contributed by atoms with Crippen LogP contribution in [0.2, 0.25) is 0 Å². The highest BCUT2D eigenvalue weighted by Crippen LogP contribution is 2.27. The van der Waals surface area contributed by atoms with Gasteiger partial charge in [0.05, 0.1) is 17.6 Å². The van der Waals surface area contributed by atoms with Gasteiger partial charge in [-0.2, -0.15) is 0 Å². The summed E-state index contributed by atoms with van der Waals surface area (Å²) in [6, 6.07) is 0. The van der Waals surface area contributed by atoms with Crippen molar-refractivity contribution >= 4 is 5.69 Å². The van der Waals surface area contributed by atoms with E-state index >= 15 is 0 Å². The standard InChI is InChI=1S/C8H11N3O4/c1-5-7(4-14-5)15-8-6(11(12)13)3-10(2)9-8/h3,5,7H,4H2,1-2H3/t5-,7-/m0/s1. The number of rotatable bonds is 3. The van der Waals surface area contributed by atoms with E-state index in [-0.39, 0.29) is 23.8 Å². The van der Waals surface area contributed by atoms with E-state index in [9.17, 15) is 10.1 Å². The maximum Gasteiger partial charge on any atom is 0.350 e. The molecule has 7 nitrogen and oxygen atoms in total. The van der Waals surface area contributed by atoms with Crippen LogP contribution in [0.4, 0.5) is 5.69 Å². The van der Waals surface area contributed by atoms with Crippen LogP contribution >= 0.6 is 0 Å². The molecule has 2 atom stereocenters. The first kappa shape index (κ1) is 9.91. The first-order valence-electron chi connectivity index (χ1n) is 4.54. The van der Waals surface area contributed by atoms with Crippen LogP contribution in [0.15, 0.2) is 6.20 Å². The molecule has 1 aromatic heterocycles. The number of aromatic nitrogens is 2. The number of aryl methyl sites for hydroxylation is 1. The Hall–Kier alpha value is -1.63. The van der Waals surface area contributed by atoms with Crippen molar-refractivity contribution in [1.29, 1.82) is 0 Å².